The van der Waals surface area contributed by atoms with Crippen molar-refractivity contribution in [3.8, 4) is 11.8 Å². The second-order valence-corrected chi connectivity index (χ2v) is 6.73. The lowest BCUT2D eigenvalue weighted by Crippen LogP contribution is -2.53. The summed E-state index contributed by atoms with van der Waals surface area (Å²) in [6.07, 6.45) is 3.76. The van der Waals surface area contributed by atoms with Crippen molar-refractivity contribution in [1.82, 2.24) is 0 Å². The van der Waals surface area contributed by atoms with Gasteiger partial charge in [0.15, 0.2) is 0 Å². The summed E-state index contributed by atoms with van der Waals surface area (Å²) in [5, 5.41) is 9.01. The molecule has 3 unspecified atom stereocenters. The number of nitrogens with zero attached hydrogens (tertiary/aromatic N) is 1. The first-order chi connectivity index (χ1) is 9.54. The molecule has 3 atom stereocenters. The van der Waals surface area contributed by atoms with Crippen molar-refractivity contribution >= 4 is 0 Å². The van der Waals surface area contributed by atoms with Crippen LogP contribution in [-0.4, -0.2) is 6.61 Å². The minimum absolute atomic E-state index is 0.0223. The third kappa shape index (κ3) is 1.98. The van der Waals surface area contributed by atoms with Crippen LogP contribution in [0.4, 0.5) is 4.39 Å². The number of nitriles is 1. The van der Waals surface area contributed by atoms with E-state index in [0.29, 0.717) is 29.6 Å². The van der Waals surface area contributed by atoms with E-state index < -0.39 is 5.82 Å². The third-order valence-corrected chi connectivity index (χ3v) is 5.54. The highest BCUT2D eigenvalue weighted by Gasteiger charge is 2.54. The Bertz CT molecular complexity index is 559. The predicted octanol–water partition coefficient (Wildman–Crippen LogP) is 4.15. The van der Waals surface area contributed by atoms with Crippen LogP contribution in [-0.2, 0) is 0 Å². The first-order valence-electron chi connectivity index (χ1n) is 7.35. The molecular weight excluding hydrogens is 253 g/mol. The van der Waals surface area contributed by atoms with Gasteiger partial charge in [-0.2, -0.15) is 5.26 Å². The van der Waals surface area contributed by atoms with E-state index in [9.17, 15) is 4.39 Å². The van der Waals surface area contributed by atoms with Gasteiger partial charge < -0.3 is 4.74 Å². The molecule has 3 fully saturated rings. The lowest BCUT2D eigenvalue weighted by atomic mass is 9.46. The van der Waals surface area contributed by atoms with Crippen LogP contribution in [0.25, 0.3) is 0 Å². The Morgan fingerprint density at radius 2 is 2.20 bits per heavy atom. The fourth-order valence-corrected chi connectivity index (χ4v) is 4.09. The van der Waals surface area contributed by atoms with E-state index in [-0.39, 0.29) is 5.56 Å². The van der Waals surface area contributed by atoms with E-state index in [1.807, 2.05) is 6.07 Å². The van der Waals surface area contributed by atoms with Gasteiger partial charge in [-0.25, -0.2) is 4.39 Å². The summed E-state index contributed by atoms with van der Waals surface area (Å²) >= 11 is 0. The van der Waals surface area contributed by atoms with Gasteiger partial charge in [-0.3, -0.25) is 0 Å². The van der Waals surface area contributed by atoms with E-state index in [2.05, 4.69) is 13.8 Å². The molecule has 0 heterocycles. The molecule has 0 aromatic heterocycles. The molecule has 3 aliphatic carbocycles. The summed E-state index contributed by atoms with van der Waals surface area (Å²) in [6.45, 7) is 5.29. The lowest BCUT2D eigenvalue weighted by molar-refractivity contribution is -0.114. The van der Waals surface area contributed by atoms with Gasteiger partial charge in [-0.05, 0) is 54.6 Å². The second kappa shape index (κ2) is 4.77. The zero-order chi connectivity index (χ0) is 14.3. The number of halogens is 1. The van der Waals surface area contributed by atoms with Crippen molar-refractivity contribution in [2.75, 3.05) is 6.61 Å². The van der Waals surface area contributed by atoms with Crippen molar-refractivity contribution in [3.63, 3.8) is 0 Å². The average molecular weight is 273 g/mol. The average Bonchev–Trinajstić information content (AvgIpc) is 2.45. The molecule has 1 aromatic rings. The Morgan fingerprint density at radius 3 is 2.85 bits per heavy atom. The fourth-order valence-electron chi connectivity index (χ4n) is 4.09. The van der Waals surface area contributed by atoms with Crippen LogP contribution >= 0.6 is 0 Å². The van der Waals surface area contributed by atoms with Crippen LogP contribution in [0, 0.1) is 40.3 Å². The first kappa shape index (κ1) is 13.4. The molecule has 0 spiro atoms. The van der Waals surface area contributed by atoms with Crippen molar-refractivity contribution in [2.45, 2.75) is 33.1 Å². The Labute approximate surface area is 119 Å². The van der Waals surface area contributed by atoms with Crippen molar-refractivity contribution < 1.29 is 9.13 Å². The first-order valence-corrected chi connectivity index (χ1v) is 7.35. The van der Waals surface area contributed by atoms with E-state index in [0.717, 1.165) is 5.92 Å². The molecule has 106 valence electrons. The van der Waals surface area contributed by atoms with Gasteiger partial charge in [-0.1, -0.05) is 19.9 Å². The Morgan fingerprint density at radius 1 is 1.40 bits per heavy atom. The number of rotatable bonds is 3. The number of ether oxygens (including phenoxy) is 1. The summed E-state index contributed by atoms with van der Waals surface area (Å²) in [5.74, 6) is 1.99. The number of hydrogen-bond donors (Lipinski definition) is 0. The summed E-state index contributed by atoms with van der Waals surface area (Å²) in [5.41, 5.74) is 0.445. The smallest absolute Gasteiger partial charge is 0.144 e. The van der Waals surface area contributed by atoms with Gasteiger partial charge in [0.1, 0.15) is 23.2 Å². The maximum atomic E-state index is 13.5. The van der Waals surface area contributed by atoms with Gasteiger partial charge in [0, 0.05) is 0 Å². The van der Waals surface area contributed by atoms with Crippen molar-refractivity contribution in [3.05, 3.63) is 29.6 Å². The molecule has 3 heteroatoms. The standard InChI is InChI=1S/C17H20FNO/c1-17(2)12-7-6-11(14(17)8-12)10-20-16-5-3-4-15(18)13(16)9-19/h3-5,11-12,14H,6-8,10H2,1-2H3. The zero-order valence-electron chi connectivity index (χ0n) is 12.0. The maximum Gasteiger partial charge on any atom is 0.144 e. The topological polar surface area (TPSA) is 33.0 Å². The van der Waals surface area contributed by atoms with Gasteiger partial charge >= 0.3 is 0 Å². The van der Waals surface area contributed by atoms with Gasteiger partial charge in [0.25, 0.3) is 0 Å². The third-order valence-electron chi connectivity index (χ3n) is 5.54. The van der Waals surface area contributed by atoms with Crippen LogP contribution < -0.4 is 4.74 Å². The highest BCUT2D eigenvalue weighted by molar-refractivity contribution is 5.43. The fraction of sp³-hybridized carbons (Fsp3) is 0.588. The molecule has 20 heavy (non-hydrogen) atoms. The normalized spacial score (nSPS) is 30.2. The summed E-state index contributed by atoms with van der Waals surface area (Å²) < 4.78 is 19.3. The highest BCUT2D eigenvalue weighted by Crippen LogP contribution is 2.61. The largest absolute Gasteiger partial charge is 0.492 e. The van der Waals surface area contributed by atoms with E-state index in [4.69, 9.17) is 10.00 Å². The Hall–Kier alpha value is -1.56. The molecule has 2 bridgehead atoms. The lowest BCUT2D eigenvalue weighted by Gasteiger charge is -2.60. The van der Waals surface area contributed by atoms with Crippen LogP contribution in [0.2, 0.25) is 0 Å². The van der Waals surface area contributed by atoms with E-state index in [1.54, 1.807) is 12.1 Å². The van der Waals surface area contributed by atoms with E-state index in [1.165, 1.54) is 25.3 Å². The number of fused-ring (bicyclic) bond motifs is 2. The van der Waals surface area contributed by atoms with Crippen LogP contribution in [0.3, 0.4) is 0 Å². The minimum Gasteiger partial charge on any atom is -0.492 e. The van der Waals surface area contributed by atoms with Crippen LogP contribution in [0.15, 0.2) is 18.2 Å². The molecule has 3 aliphatic rings. The molecule has 4 rings (SSSR count). The van der Waals surface area contributed by atoms with Gasteiger partial charge in [-0.15, -0.1) is 0 Å². The molecule has 3 saturated carbocycles. The van der Waals surface area contributed by atoms with Gasteiger partial charge in [0.05, 0.1) is 6.61 Å². The van der Waals surface area contributed by atoms with Crippen molar-refractivity contribution in [1.29, 1.82) is 5.26 Å². The van der Waals surface area contributed by atoms with Crippen molar-refractivity contribution in [2.24, 2.45) is 23.2 Å². The number of benzene rings is 1. The summed E-state index contributed by atoms with van der Waals surface area (Å²) in [6, 6.07) is 6.46. The molecule has 0 amide bonds. The van der Waals surface area contributed by atoms with Gasteiger partial charge in [0.2, 0.25) is 0 Å². The SMILES string of the molecule is CC1(C)C2CCC(COc3cccc(F)c3C#N)C1C2. The molecule has 1 aromatic carbocycles. The monoisotopic (exact) mass is 273 g/mol. The number of hydrogen-bond acceptors (Lipinski definition) is 2. The molecule has 2 nitrogen and oxygen atoms in total. The highest BCUT2D eigenvalue weighted by atomic mass is 19.1. The zero-order valence-corrected chi connectivity index (χ0v) is 12.0. The quantitative estimate of drug-likeness (QED) is 0.829. The van der Waals surface area contributed by atoms with Crippen LogP contribution in [0.5, 0.6) is 5.75 Å². The molecular formula is C17H20FNO. The summed E-state index contributed by atoms with van der Waals surface area (Å²) in [7, 11) is 0. The maximum absolute atomic E-state index is 13.5. The van der Waals surface area contributed by atoms with E-state index >= 15 is 0 Å². The minimum atomic E-state index is -0.502. The van der Waals surface area contributed by atoms with Crippen LogP contribution in [0.1, 0.15) is 38.7 Å². The summed E-state index contributed by atoms with van der Waals surface area (Å²) in [4.78, 5) is 0. The molecule has 0 saturated heterocycles. The Balaban J connectivity index is 1.69. The molecule has 0 radical (unpaired) electrons. The predicted molar refractivity (Wildman–Crippen MR) is 74.7 cm³/mol. The Kier molecular flexibility index (Phi) is 3.20. The molecule has 0 N–H and O–H groups in total. The second-order valence-electron chi connectivity index (χ2n) is 6.73. The molecule has 0 aliphatic heterocycles.